The first kappa shape index (κ1) is 23.2. The van der Waals surface area contributed by atoms with Gasteiger partial charge in [0.05, 0.1) is 0 Å². The maximum atomic E-state index is 2.76. The first-order chi connectivity index (χ1) is 14.2. The molecular weight excluding hydrogens is 360 g/mol. The van der Waals surface area contributed by atoms with Crippen LogP contribution in [0.3, 0.4) is 0 Å². The molecule has 0 spiro atoms. The molecule has 0 unspecified atom stereocenters. The van der Waals surface area contributed by atoms with Crippen molar-refractivity contribution >= 4 is 0 Å². The van der Waals surface area contributed by atoms with Crippen molar-refractivity contribution in [3.63, 3.8) is 0 Å². The van der Waals surface area contributed by atoms with Crippen molar-refractivity contribution in [2.75, 3.05) is 0 Å². The fourth-order valence-corrected chi connectivity index (χ4v) is 10.4. The first-order valence-corrected chi connectivity index (χ1v) is 14.2. The minimum Gasteiger partial charge on any atom is -0.0625 e. The van der Waals surface area contributed by atoms with Crippen LogP contribution in [0.5, 0.6) is 0 Å². The maximum absolute atomic E-state index is 2.76. The Bertz CT molecular complexity index is 567. The lowest BCUT2D eigenvalue weighted by molar-refractivity contribution is -0.114. The molecular formula is C30H54. The average Bonchev–Trinajstić information content (AvgIpc) is 3.04. The second kappa shape index (κ2) is 8.74. The number of fused-ring (bicyclic) bond motifs is 5. The summed E-state index contributed by atoms with van der Waals surface area (Å²) < 4.78 is 0. The molecule has 4 aliphatic carbocycles. The maximum Gasteiger partial charge on any atom is -0.0264 e. The van der Waals surface area contributed by atoms with Gasteiger partial charge in [0, 0.05) is 0 Å². The van der Waals surface area contributed by atoms with Crippen LogP contribution < -0.4 is 0 Å². The van der Waals surface area contributed by atoms with E-state index in [2.05, 4.69) is 48.5 Å². The zero-order valence-corrected chi connectivity index (χ0v) is 21.7. The van der Waals surface area contributed by atoms with Gasteiger partial charge in [-0.2, -0.15) is 0 Å². The highest BCUT2D eigenvalue weighted by atomic mass is 14.6. The summed E-state index contributed by atoms with van der Waals surface area (Å²) >= 11 is 0. The highest BCUT2D eigenvalue weighted by Gasteiger charge is 2.60. The van der Waals surface area contributed by atoms with Crippen LogP contribution in [0, 0.1) is 64.1 Å². The molecule has 0 aromatic heterocycles. The van der Waals surface area contributed by atoms with Gasteiger partial charge in [-0.05, 0) is 122 Å². The van der Waals surface area contributed by atoms with E-state index in [0.717, 1.165) is 53.3 Å². The molecule has 0 aromatic rings. The molecule has 174 valence electrons. The Morgan fingerprint density at radius 1 is 0.667 bits per heavy atom. The van der Waals surface area contributed by atoms with Crippen LogP contribution in [0.15, 0.2) is 0 Å². The van der Waals surface area contributed by atoms with Crippen LogP contribution in [-0.2, 0) is 0 Å². The quantitative estimate of drug-likeness (QED) is 0.406. The fraction of sp³-hybridized carbons (Fsp3) is 1.00. The molecule has 30 heavy (non-hydrogen) atoms. The Balaban J connectivity index is 1.44. The molecule has 0 bridgehead atoms. The van der Waals surface area contributed by atoms with E-state index >= 15 is 0 Å². The van der Waals surface area contributed by atoms with Crippen molar-refractivity contribution in [2.45, 2.75) is 126 Å². The van der Waals surface area contributed by atoms with Gasteiger partial charge >= 0.3 is 0 Å². The number of rotatable bonds is 6. The minimum absolute atomic E-state index is 0.656. The summed E-state index contributed by atoms with van der Waals surface area (Å²) in [6.45, 7) is 17.9. The summed E-state index contributed by atoms with van der Waals surface area (Å²) in [5.41, 5.74) is 1.36. The van der Waals surface area contributed by atoms with Crippen molar-refractivity contribution in [3.8, 4) is 0 Å². The molecule has 4 aliphatic rings. The van der Waals surface area contributed by atoms with Crippen molar-refractivity contribution in [3.05, 3.63) is 0 Å². The van der Waals surface area contributed by atoms with Gasteiger partial charge in [0.1, 0.15) is 0 Å². The lowest BCUT2D eigenvalue weighted by Gasteiger charge is -2.61. The Hall–Kier alpha value is 0. The Morgan fingerprint density at radius 3 is 2.07 bits per heavy atom. The van der Waals surface area contributed by atoms with Crippen molar-refractivity contribution in [1.82, 2.24) is 0 Å². The Kier molecular flexibility index (Phi) is 6.75. The van der Waals surface area contributed by atoms with Crippen LogP contribution in [0.25, 0.3) is 0 Å². The smallest absolute Gasteiger partial charge is 0.0264 e. The summed E-state index contributed by atoms with van der Waals surface area (Å²) in [6, 6.07) is 0. The average molecular weight is 415 g/mol. The molecule has 4 fully saturated rings. The second-order valence-electron chi connectivity index (χ2n) is 13.8. The van der Waals surface area contributed by atoms with E-state index in [1.165, 1.54) is 25.7 Å². The fourth-order valence-electron chi connectivity index (χ4n) is 10.4. The molecule has 0 saturated heterocycles. The molecule has 0 radical (unpaired) electrons. The topological polar surface area (TPSA) is 0 Å². The Morgan fingerprint density at radius 2 is 1.37 bits per heavy atom. The predicted molar refractivity (Wildman–Crippen MR) is 131 cm³/mol. The van der Waals surface area contributed by atoms with Crippen LogP contribution >= 0.6 is 0 Å². The van der Waals surface area contributed by atoms with Gasteiger partial charge in [0.25, 0.3) is 0 Å². The molecule has 0 amide bonds. The number of hydrogen-bond acceptors (Lipinski definition) is 0. The summed E-state index contributed by atoms with van der Waals surface area (Å²) in [7, 11) is 0. The van der Waals surface area contributed by atoms with Gasteiger partial charge in [-0.25, -0.2) is 0 Å². The molecule has 0 N–H and O–H groups in total. The zero-order chi connectivity index (χ0) is 21.7. The monoisotopic (exact) mass is 414 g/mol. The van der Waals surface area contributed by atoms with Crippen molar-refractivity contribution < 1.29 is 0 Å². The van der Waals surface area contributed by atoms with E-state index < -0.39 is 0 Å². The molecule has 8 atom stereocenters. The summed E-state index contributed by atoms with van der Waals surface area (Å²) in [6.07, 6.45) is 18.4. The molecule has 4 rings (SSSR count). The first-order valence-electron chi connectivity index (χ1n) is 14.2. The molecule has 0 heterocycles. The molecule has 0 aromatic carbocycles. The van der Waals surface area contributed by atoms with Crippen LogP contribution in [-0.4, -0.2) is 0 Å². The van der Waals surface area contributed by atoms with Gasteiger partial charge in [-0.1, -0.05) is 67.7 Å². The van der Waals surface area contributed by atoms with E-state index in [9.17, 15) is 0 Å². The summed E-state index contributed by atoms with van der Waals surface area (Å²) in [5.74, 6) is 8.77. The molecule has 0 nitrogen and oxygen atoms in total. The van der Waals surface area contributed by atoms with Gasteiger partial charge in [0.15, 0.2) is 0 Å². The summed E-state index contributed by atoms with van der Waals surface area (Å²) in [5, 5.41) is 0. The number of hydrogen-bond donors (Lipinski definition) is 0. The van der Waals surface area contributed by atoms with E-state index in [4.69, 9.17) is 0 Å². The predicted octanol–water partition coefficient (Wildman–Crippen LogP) is 9.38. The van der Waals surface area contributed by atoms with E-state index in [-0.39, 0.29) is 0 Å². The van der Waals surface area contributed by atoms with Crippen LogP contribution in [0.4, 0.5) is 0 Å². The Labute approximate surface area is 189 Å². The van der Waals surface area contributed by atoms with Crippen molar-refractivity contribution in [1.29, 1.82) is 0 Å². The van der Waals surface area contributed by atoms with Gasteiger partial charge in [-0.3, -0.25) is 0 Å². The third-order valence-corrected chi connectivity index (χ3v) is 12.0. The van der Waals surface area contributed by atoms with Crippen molar-refractivity contribution in [2.24, 2.45) is 64.1 Å². The van der Waals surface area contributed by atoms with Gasteiger partial charge < -0.3 is 0 Å². The summed E-state index contributed by atoms with van der Waals surface area (Å²) in [4.78, 5) is 0. The van der Waals surface area contributed by atoms with E-state index in [1.807, 2.05) is 0 Å². The van der Waals surface area contributed by atoms with Gasteiger partial charge in [0.2, 0.25) is 0 Å². The van der Waals surface area contributed by atoms with Gasteiger partial charge in [-0.15, -0.1) is 0 Å². The lowest BCUT2D eigenvalue weighted by Crippen LogP contribution is -2.53. The largest absolute Gasteiger partial charge is 0.0625 e. The van der Waals surface area contributed by atoms with Crippen LogP contribution in [0.1, 0.15) is 126 Å². The van der Waals surface area contributed by atoms with E-state index in [1.54, 1.807) is 51.4 Å². The molecule has 0 heteroatoms. The lowest BCUT2D eigenvalue weighted by atomic mass is 9.44. The standard InChI is InChI=1S/C30H54/c1-20(2)24(21(3)4)13-11-22(5)26-15-16-27-25-14-12-23-10-8-9-18-29(23,6)28(25)17-19-30(26,27)7/h20-28H,8-19H2,1-7H3/t22-,23-,25+,26-,27+,28+,29+,30-/m1/s1. The minimum atomic E-state index is 0.656. The van der Waals surface area contributed by atoms with E-state index in [0.29, 0.717) is 10.8 Å². The third-order valence-electron chi connectivity index (χ3n) is 12.0. The highest BCUT2D eigenvalue weighted by molar-refractivity contribution is 5.09. The third kappa shape index (κ3) is 3.83. The second-order valence-corrected chi connectivity index (χ2v) is 13.8. The van der Waals surface area contributed by atoms with Crippen LogP contribution in [0.2, 0.25) is 0 Å². The molecule has 0 aliphatic heterocycles. The molecule has 4 saturated carbocycles. The SMILES string of the molecule is CC(C)C(CC[C@@H](C)[C@H]1CC[C@H]2[C@@H]3CC[C@H]4CCCC[C@]4(C)[C@H]3CC[C@]12C)C(C)C. The highest BCUT2D eigenvalue weighted by Crippen LogP contribution is 2.68. The zero-order valence-electron chi connectivity index (χ0n) is 21.7. The normalized spacial score (nSPS) is 44.8.